The lowest BCUT2D eigenvalue weighted by Crippen LogP contribution is -2.41. The standard InChI is InChI=1S/C24H26FN5O5/c1-14-7-6-10-34-19-12-16(25)18(31)11-15(19)22(32)30(23(33)35-24(2,3)4)20-9-5-8-17(27-20)21-28-26-13-29(14)21/h5,8-9,11-14,31H,6-7,10H2,1-4H3/t14-/m0/s1. The van der Waals surface area contributed by atoms with Crippen molar-refractivity contribution in [2.45, 2.75) is 52.2 Å². The van der Waals surface area contributed by atoms with Crippen LogP contribution in [0.2, 0.25) is 0 Å². The van der Waals surface area contributed by atoms with Crippen LogP contribution in [0.3, 0.4) is 0 Å². The molecule has 2 aromatic heterocycles. The number of imide groups is 1. The Labute approximate surface area is 201 Å². The number of aromatic hydroxyl groups is 1. The molecule has 2 bridgehead atoms. The van der Waals surface area contributed by atoms with E-state index >= 15 is 0 Å². The van der Waals surface area contributed by atoms with Crippen LogP contribution in [0.25, 0.3) is 11.5 Å². The topological polar surface area (TPSA) is 120 Å². The van der Waals surface area contributed by atoms with Gasteiger partial charge in [0.15, 0.2) is 17.4 Å². The van der Waals surface area contributed by atoms with Crippen LogP contribution in [0, 0.1) is 5.82 Å². The van der Waals surface area contributed by atoms with Gasteiger partial charge in [-0.2, -0.15) is 4.90 Å². The zero-order valence-corrected chi connectivity index (χ0v) is 19.9. The highest BCUT2D eigenvalue weighted by molar-refractivity contribution is 6.20. The molecule has 0 radical (unpaired) electrons. The van der Waals surface area contributed by atoms with E-state index in [9.17, 15) is 19.1 Å². The summed E-state index contributed by atoms with van der Waals surface area (Å²) >= 11 is 0. The Kier molecular flexibility index (Phi) is 6.42. The van der Waals surface area contributed by atoms with Gasteiger partial charge in [-0.25, -0.2) is 14.2 Å². The molecule has 3 aromatic rings. The number of carbonyl (C=O) groups is 2. The molecular formula is C24H26FN5O5. The third-order valence-corrected chi connectivity index (χ3v) is 5.32. The first-order valence-corrected chi connectivity index (χ1v) is 11.1. The molecule has 1 aromatic carbocycles. The number of amides is 2. The van der Waals surface area contributed by atoms with Crippen molar-refractivity contribution in [3.05, 3.63) is 48.0 Å². The predicted molar refractivity (Wildman–Crippen MR) is 124 cm³/mol. The van der Waals surface area contributed by atoms with Crippen LogP contribution in [-0.2, 0) is 4.74 Å². The summed E-state index contributed by atoms with van der Waals surface area (Å²) in [6.07, 6.45) is 1.84. The highest BCUT2D eigenvalue weighted by atomic mass is 19.1. The van der Waals surface area contributed by atoms with E-state index in [1.165, 1.54) is 6.07 Å². The summed E-state index contributed by atoms with van der Waals surface area (Å²) in [5.41, 5.74) is -0.743. The van der Waals surface area contributed by atoms with Gasteiger partial charge >= 0.3 is 6.09 Å². The molecule has 1 N–H and O–H groups in total. The molecule has 184 valence electrons. The molecule has 1 aliphatic rings. The molecule has 11 heteroatoms. The van der Waals surface area contributed by atoms with E-state index in [2.05, 4.69) is 15.2 Å². The molecule has 4 rings (SSSR count). The second kappa shape index (κ2) is 9.32. The number of aromatic nitrogens is 4. The van der Waals surface area contributed by atoms with Crippen molar-refractivity contribution < 1.29 is 28.6 Å². The van der Waals surface area contributed by atoms with Crippen LogP contribution >= 0.6 is 0 Å². The van der Waals surface area contributed by atoms with Crippen LogP contribution in [0.1, 0.15) is 56.9 Å². The molecule has 0 fully saturated rings. The summed E-state index contributed by atoms with van der Waals surface area (Å²) in [4.78, 5) is 32.1. The van der Waals surface area contributed by atoms with E-state index in [1.54, 1.807) is 39.2 Å². The Bertz CT molecular complexity index is 1270. The summed E-state index contributed by atoms with van der Waals surface area (Å²) in [5, 5.41) is 18.2. The Morgan fingerprint density at radius 2 is 2.06 bits per heavy atom. The van der Waals surface area contributed by atoms with Crippen molar-refractivity contribution in [1.82, 2.24) is 19.7 Å². The van der Waals surface area contributed by atoms with E-state index < -0.39 is 29.2 Å². The van der Waals surface area contributed by atoms with Gasteiger partial charge in [-0.1, -0.05) is 6.07 Å². The zero-order chi connectivity index (χ0) is 25.3. The number of phenols is 1. The fraction of sp³-hybridized carbons (Fsp3) is 0.375. The molecule has 2 amide bonds. The third kappa shape index (κ3) is 5.08. The molecule has 1 atom stereocenters. The number of anilines is 1. The summed E-state index contributed by atoms with van der Waals surface area (Å²) in [7, 11) is 0. The predicted octanol–water partition coefficient (Wildman–Crippen LogP) is 4.50. The fourth-order valence-electron chi connectivity index (χ4n) is 3.66. The SMILES string of the molecule is C[C@H]1CCCOc2cc(F)c(O)cc2C(=O)N(C(=O)OC(C)(C)C)c2cccc(n2)-c2nncn21. The van der Waals surface area contributed by atoms with Gasteiger partial charge in [0.2, 0.25) is 0 Å². The zero-order valence-electron chi connectivity index (χ0n) is 19.9. The van der Waals surface area contributed by atoms with Gasteiger partial charge in [0, 0.05) is 12.1 Å². The highest BCUT2D eigenvalue weighted by Gasteiger charge is 2.33. The summed E-state index contributed by atoms with van der Waals surface area (Å²) in [6.45, 7) is 7.13. The van der Waals surface area contributed by atoms with E-state index in [1.807, 2.05) is 11.5 Å². The number of hydrogen-bond acceptors (Lipinski definition) is 8. The minimum Gasteiger partial charge on any atom is -0.505 e. The quantitative estimate of drug-likeness (QED) is 0.496. The Hall–Kier alpha value is -4.02. The van der Waals surface area contributed by atoms with Gasteiger partial charge in [-0.05, 0) is 58.7 Å². The van der Waals surface area contributed by atoms with Crippen LogP contribution in [-0.4, -0.2) is 49.1 Å². The highest BCUT2D eigenvalue weighted by Crippen LogP contribution is 2.32. The van der Waals surface area contributed by atoms with Gasteiger partial charge in [-0.15, -0.1) is 10.2 Å². The van der Waals surface area contributed by atoms with Crippen molar-refractivity contribution in [2.24, 2.45) is 0 Å². The van der Waals surface area contributed by atoms with Gasteiger partial charge in [0.05, 0.1) is 12.2 Å². The molecular weight excluding hydrogens is 457 g/mol. The lowest BCUT2D eigenvalue weighted by atomic mass is 10.1. The number of rotatable bonds is 0. The van der Waals surface area contributed by atoms with Crippen molar-refractivity contribution in [2.75, 3.05) is 11.5 Å². The monoisotopic (exact) mass is 483 g/mol. The Morgan fingerprint density at radius 1 is 1.29 bits per heavy atom. The number of pyridine rings is 1. The maximum atomic E-state index is 14.2. The van der Waals surface area contributed by atoms with Crippen molar-refractivity contribution in [3.8, 4) is 23.0 Å². The van der Waals surface area contributed by atoms with Gasteiger partial charge in [-0.3, -0.25) is 4.79 Å². The van der Waals surface area contributed by atoms with E-state index in [-0.39, 0.29) is 29.8 Å². The summed E-state index contributed by atoms with van der Waals surface area (Å²) in [6, 6.07) is 6.62. The summed E-state index contributed by atoms with van der Waals surface area (Å²) in [5.74, 6) is -2.30. The van der Waals surface area contributed by atoms with Crippen LogP contribution in [0.4, 0.5) is 15.0 Å². The molecule has 10 nitrogen and oxygen atoms in total. The van der Waals surface area contributed by atoms with Gasteiger partial charge < -0.3 is 19.1 Å². The number of benzene rings is 1. The number of fused-ring (bicyclic) bond motifs is 5. The van der Waals surface area contributed by atoms with Crippen LogP contribution in [0.5, 0.6) is 11.5 Å². The van der Waals surface area contributed by atoms with Crippen molar-refractivity contribution in [1.29, 1.82) is 0 Å². The number of phenolic OH excluding ortho intramolecular Hbond substituents is 1. The van der Waals surface area contributed by atoms with E-state index in [4.69, 9.17) is 9.47 Å². The third-order valence-electron chi connectivity index (χ3n) is 5.32. The molecule has 0 aliphatic carbocycles. The maximum absolute atomic E-state index is 14.2. The average molecular weight is 484 g/mol. The first kappa shape index (κ1) is 24.1. The first-order chi connectivity index (χ1) is 16.5. The van der Waals surface area contributed by atoms with E-state index in [0.29, 0.717) is 24.4 Å². The Balaban J connectivity index is 1.91. The number of ether oxygens (including phenoxy) is 2. The number of hydrogen-bond donors (Lipinski definition) is 1. The van der Waals surface area contributed by atoms with Gasteiger partial charge in [0.1, 0.15) is 29.2 Å². The number of carbonyl (C=O) groups excluding carboxylic acids is 2. The molecule has 0 saturated heterocycles. The molecule has 0 saturated carbocycles. The molecule has 0 spiro atoms. The van der Waals surface area contributed by atoms with Crippen LogP contribution < -0.4 is 9.64 Å². The maximum Gasteiger partial charge on any atom is 0.423 e. The summed E-state index contributed by atoms with van der Waals surface area (Å²) < 4.78 is 27.2. The molecule has 1 aliphatic heterocycles. The van der Waals surface area contributed by atoms with Gasteiger partial charge in [0.25, 0.3) is 5.91 Å². The van der Waals surface area contributed by atoms with Crippen molar-refractivity contribution >= 4 is 17.8 Å². The van der Waals surface area contributed by atoms with E-state index in [0.717, 1.165) is 17.0 Å². The first-order valence-electron chi connectivity index (χ1n) is 11.1. The second-order valence-corrected chi connectivity index (χ2v) is 9.20. The van der Waals surface area contributed by atoms with Crippen molar-refractivity contribution in [3.63, 3.8) is 0 Å². The Morgan fingerprint density at radius 3 is 2.80 bits per heavy atom. The lowest BCUT2D eigenvalue weighted by Gasteiger charge is -2.26. The lowest BCUT2D eigenvalue weighted by molar-refractivity contribution is 0.0562. The minimum absolute atomic E-state index is 0.0170. The molecule has 3 heterocycles. The molecule has 0 unspecified atom stereocenters. The van der Waals surface area contributed by atoms with Crippen LogP contribution in [0.15, 0.2) is 36.7 Å². The number of nitrogens with zero attached hydrogens (tertiary/aromatic N) is 5. The second-order valence-electron chi connectivity index (χ2n) is 9.20. The normalized spacial score (nSPS) is 16.5. The average Bonchev–Trinajstić information content (AvgIpc) is 3.27. The largest absolute Gasteiger partial charge is 0.505 e. The smallest absolute Gasteiger partial charge is 0.423 e. The minimum atomic E-state index is -0.996. The number of halogens is 1. The molecule has 35 heavy (non-hydrogen) atoms. The fourth-order valence-corrected chi connectivity index (χ4v) is 3.66.